The number of nitrogens with zero attached hydrogens (tertiary/aromatic N) is 1. The normalized spacial score (nSPS) is 31.6. The van der Waals surface area contributed by atoms with Crippen LogP contribution in [0.2, 0.25) is 0 Å². The van der Waals surface area contributed by atoms with Crippen molar-refractivity contribution in [3.63, 3.8) is 0 Å². The van der Waals surface area contributed by atoms with E-state index in [1.807, 2.05) is 13.8 Å². The highest BCUT2D eigenvalue weighted by atomic mass is 19.4. The Morgan fingerprint density at radius 1 is 1.38 bits per heavy atom. The van der Waals surface area contributed by atoms with E-state index >= 15 is 0 Å². The maximum Gasteiger partial charge on any atom is 0.418 e. The summed E-state index contributed by atoms with van der Waals surface area (Å²) >= 11 is 0. The molecular formula is C8H14F3NO. The third kappa shape index (κ3) is 1.96. The second kappa shape index (κ2) is 3.13. The Balaban J connectivity index is 2.67. The van der Waals surface area contributed by atoms with E-state index in [4.69, 9.17) is 0 Å². The molecule has 78 valence electrons. The van der Waals surface area contributed by atoms with Crippen LogP contribution in [0, 0.1) is 0 Å². The third-order valence-electron chi connectivity index (χ3n) is 2.54. The summed E-state index contributed by atoms with van der Waals surface area (Å²) in [6.07, 6.45) is -4.72. The van der Waals surface area contributed by atoms with Crippen molar-refractivity contribution in [2.75, 3.05) is 13.1 Å². The molecule has 1 heterocycles. The maximum atomic E-state index is 12.3. The first-order chi connectivity index (χ1) is 5.76. The molecule has 0 aliphatic carbocycles. The first-order valence-electron chi connectivity index (χ1n) is 4.29. The number of likely N-dealkylation sites (tertiary alicyclic amines) is 1. The van der Waals surface area contributed by atoms with Gasteiger partial charge in [0.2, 0.25) is 0 Å². The Morgan fingerprint density at radius 2 is 1.92 bits per heavy atom. The third-order valence-corrected chi connectivity index (χ3v) is 2.54. The number of β-amino-alcohol motifs (C(OH)–C–C–N with tert-alkyl or cyclic N) is 1. The lowest BCUT2D eigenvalue weighted by Gasteiger charge is -2.27. The zero-order valence-electron chi connectivity index (χ0n) is 7.73. The molecule has 0 aromatic heterocycles. The fourth-order valence-corrected chi connectivity index (χ4v) is 1.49. The topological polar surface area (TPSA) is 23.5 Å². The molecule has 5 heteroatoms. The van der Waals surface area contributed by atoms with Gasteiger partial charge in [-0.25, -0.2) is 0 Å². The van der Waals surface area contributed by atoms with E-state index in [0.29, 0.717) is 6.54 Å². The molecule has 1 unspecified atom stereocenters. The molecule has 1 N–H and O–H groups in total. The first kappa shape index (κ1) is 10.8. The van der Waals surface area contributed by atoms with Gasteiger partial charge >= 0.3 is 6.18 Å². The second-order valence-electron chi connectivity index (χ2n) is 3.84. The zero-order valence-corrected chi connectivity index (χ0v) is 7.73. The lowest BCUT2D eigenvalue weighted by Crippen LogP contribution is -2.48. The number of rotatable bonds is 1. The minimum absolute atomic E-state index is 0.0522. The molecule has 0 saturated carbocycles. The summed E-state index contributed by atoms with van der Waals surface area (Å²) in [7, 11) is 0. The van der Waals surface area contributed by atoms with Crippen LogP contribution in [-0.2, 0) is 0 Å². The van der Waals surface area contributed by atoms with Crippen molar-refractivity contribution in [3.8, 4) is 0 Å². The van der Waals surface area contributed by atoms with Crippen molar-refractivity contribution in [1.82, 2.24) is 4.90 Å². The van der Waals surface area contributed by atoms with Crippen LogP contribution in [0.25, 0.3) is 0 Å². The summed E-state index contributed by atoms with van der Waals surface area (Å²) < 4.78 is 36.9. The fraction of sp³-hybridized carbons (Fsp3) is 1.00. The highest BCUT2D eigenvalue weighted by molar-refractivity contribution is 4.96. The van der Waals surface area contributed by atoms with Gasteiger partial charge in [-0.05, 0) is 20.3 Å². The van der Waals surface area contributed by atoms with Gasteiger partial charge in [0.05, 0.1) is 0 Å². The molecule has 0 bridgehead atoms. The second-order valence-corrected chi connectivity index (χ2v) is 3.84. The number of hydrogen-bond donors (Lipinski definition) is 1. The van der Waals surface area contributed by atoms with Crippen LogP contribution in [-0.4, -0.2) is 40.9 Å². The van der Waals surface area contributed by atoms with Gasteiger partial charge in [0.15, 0.2) is 5.60 Å². The monoisotopic (exact) mass is 197 g/mol. The van der Waals surface area contributed by atoms with E-state index < -0.39 is 11.8 Å². The molecule has 1 saturated heterocycles. The van der Waals surface area contributed by atoms with Crippen LogP contribution in [0.4, 0.5) is 13.2 Å². The van der Waals surface area contributed by atoms with Crippen molar-refractivity contribution in [3.05, 3.63) is 0 Å². The Kier molecular flexibility index (Phi) is 2.60. The van der Waals surface area contributed by atoms with Crippen molar-refractivity contribution in [1.29, 1.82) is 0 Å². The lowest BCUT2D eigenvalue weighted by atomic mass is 10.0. The van der Waals surface area contributed by atoms with E-state index in [-0.39, 0.29) is 19.0 Å². The van der Waals surface area contributed by atoms with Gasteiger partial charge in [0, 0.05) is 19.1 Å². The van der Waals surface area contributed by atoms with Crippen LogP contribution in [0.15, 0.2) is 0 Å². The zero-order chi connectivity index (χ0) is 10.3. The van der Waals surface area contributed by atoms with Crippen LogP contribution in [0.1, 0.15) is 20.3 Å². The predicted molar refractivity (Wildman–Crippen MR) is 42.3 cm³/mol. The molecule has 1 atom stereocenters. The van der Waals surface area contributed by atoms with E-state index in [2.05, 4.69) is 0 Å². The molecular weight excluding hydrogens is 183 g/mol. The van der Waals surface area contributed by atoms with E-state index in [1.165, 1.54) is 0 Å². The van der Waals surface area contributed by atoms with Crippen LogP contribution < -0.4 is 0 Å². The minimum atomic E-state index is -4.50. The standard InChI is InChI=1S/C8H14F3NO/c1-6(2)12-4-3-7(13,5-12)8(9,10)11/h6,13H,3-5H2,1-2H3. The smallest absolute Gasteiger partial charge is 0.379 e. The Morgan fingerprint density at radius 3 is 2.15 bits per heavy atom. The van der Waals surface area contributed by atoms with Crippen molar-refractivity contribution in [2.24, 2.45) is 0 Å². The molecule has 2 nitrogen and oxygen atoms in total. The average Bonchev–Trinajstić information content (AvgIpc) is 2.31. The highest BCUT2D eigenvalue weighted by Gasteiger charge is 2.57. The molecule has 0 aromatic rings. The van der Waals surface area contributed by atoms with Crippen LogP contribution in [0.3, 0.4) is 0 Å². The summed E-state index contributed by atoms with van der Waals surface area (Å²) in [6, 6.07) is 0.0522. The lowest BCUT2D eigenvalue weighted by molar-refractivity contribution is -0.254. The number of aliphatic hydroxyl groups is 1. The van der Waals surface area contributed by atoms with Crippen molar-refractivity contribution < 1.29 is 18.3 Å². The Hall–Kier alpha value is -0.290. The number of alkyl halides is 3. The Labute approximate surface area is 75.3 Å². The number of hydrogen-bond acceptors (Lipinski definition) is 2. The summed E-state index contributed by atoms with van der Waals surface area (Å²) in [5.74, 6) is 0. The number of halogens is 3. The molecule has 13 heavy (non-hydrogen) atoms. The Bertz CT molecular complexity index is 192. The molecule has 0 spiro atoms. The van der Waals surface area contributed by atoms with Crippen molar-refractivity contribution >= 4 is 0 Å². The van der Waals surface area contributed by atoms with Gasteiger partial charge in [-0.15, -0.1) is 0 Å². The molecule has 0 aromatic carbocycles. The van der Waals surface area contributed by atoms with Crippen molar-refractivity contribution in [2.45, 2.75) is 38.1 Å². The SMILES string of the molecule is CC(C)N1CCC(O)(C(F)(F)F)C1. The van der Waals surface area contributed by atoms with Gasteiger partial charge in [-0.1, -0.05) is 0 Å². The van der Waals surface area contributed by atoms with E-state index in [9.17, 15) is 18.3 Å². The molecule has 1 aliphatic heterocycles. The van der Waals surface area contributed by atoms with Crippen LogP contribution in [0.5, 0.6) is 0 Å². The largest absolute Gasteiger partial charge is 0.418 e. The van der Waals surface area contributed by atoms with Gasteiger partial charge < -0.3 is 5.11 Å². The van der Waals surface area contributed by atoms with Gasteiger partial charge in [-0.2, -0.15) is 13.2 Å². The van der Waals surface area contributed by atoms with Crippen LogP contribution >= 0.6 is 0 Å². The fourth-order valence-electron chi connectivity index (χ4n) is 1.49. The molecule has 1 fully saturated rings. The van der Waals surface area contributed by atoms with Gasteiger partial charge in [-0.3, -0.25) is 4.90 Å². The summed E-state index contributed by atoms with van der Waals surface area (Å²) in [4.78, 5) is 1.63. The molecule has 1 aliphatic rings. The minimum Gasteiger partial charge on any atom is -0.379 e. The summed E-state index contributed by atoms with van der Waals surface area (Å²) in [5.41, 5.74) is -2.49. The molecule has 0 amide bonds. The van der Waals surface area contributed by atoms with E-state index in [1.54, 1.807) is 4.90 Å². The van der Waals surface area contributed by atoms with Gasteiger partial charge in [0.1, 0.15) is 0 Å². The maximum absolute atomic E-state index is 12.3. The predicted octanol–water partition coefficient (Wildman–Crippen LogP) is 1.39. The molecule has 0 radical (unpaired) electrons. The summed E-state index contributed by atoms with van der Waals surface area (Å²) in [6.45, 7) is 3.66. The average molecular weight is 197 g/mol. The molecule has 1 rings (SSSR count). The first-order valence-corrected chi connectivity index (χ1v) is 4.29. The summed E-state index contributed by atoms with van der Waals surface area (Å²) in [5, 5.41) is 9.28. The van der Waals surface area contributed by atoms with Gasteiger partial charge in [0.25, 0.3) is 0 Å². The van der Waals surface area contributed by atoms with E-state index in [0.717, 1.165) is 0 Å². The highest BCUT2D eigenvalue weighted by Crippen LogP contribution is 2.37. The quantitative estimate of drug-likeness (QED) is 0.686.